The summed E-state index contributed by atoms with van der Waals surface area (Å²) in [6.07, 6.45) is 3.89. The van der Waals surface area contributed by atoms with Crippen LogP contribution in [0.4, 0.5) is 0 Å². The first-order valence-corrected chi connectivity index (χ1v) is 8.81. The standard InChI is InChI=1S/C17H36N4O/c1-6-22-16(14(2)3)7-10-19-17(18-4)20-13-15-8-11-21(5)12-9-15/h14-16H,6-13H2,1-5H3,(H2,18,19,20). The quantitative estimate of drug-likeness (QED) is 0.531. The van der Waals surface area contributed by atoms with E-state index in [0.29, 0.717) is 12.0 Å². The van der Waals surface area contributed by atoms with Crippen LogP contribution in [-0.2, 0) is 4.74 Å². The molecule has 0 aromatic carbocycles. The smallest absolute Gasteiger partial charge is 0.190 e. The second kappa shape index (κ2) is 10.8. The molecule has 130 valence electrons. The maximum Gasteiger partial charge on any atom is 0.190 e. The zero-order valence-electron chi connectivity index (χ0n) is 15.2. The molecule has 2 N–H and O–H groups in total. The van der Waals surface area contributed by atoms with Gasteiger partial charge in [-0.2, -0.15) is 0 Å². The van der Waals surface area contributed by atoms with Crippen molar-refractivity contribution in [3.63, 3.8) is 0 Å². The maximum atomic E-state index is 5.78. The van der Waals surface area contributed by atoms with Gasteiger partial charge in [-0.3, -0.25) is 4.99 Å². The number of nitrogens with one attached hydrogen (secondary N) is 2. The molecule has 1 aliphatic rings. The number of rotatable bonds is 8. The van der Waals surface area contributed by atoms with Crippen molar-refractivity contribution < 1.29 is 4.74 Å². The van der Waals surface area contributed by atoms with Crippen molar-refractivity contribution in [3.05, 3.63) is 0 Å². The average molecular weight is 313 g/mol. The van der Waals surface area contributed by atoms with Gasteiger partial charge in [0.15, 0.2) is 5.96 Å². The number of piperidine rings is 1. The lowest BCUT2D eigenvalue weighted by atomic mass is 9.97. The lowest BCUT2D eigenvalue weighted by molar-refractivity contribution is 0.0258. The molecule has 0 saturated carbocycles. The zero-order chi connectivity index (χ0) is 16.4. The van der Waals surface area contributed by atoms with Crippen LogP contribution in [0.3, 0.4) is 0 Å². The molecule has 1 atom stereocenters. The molecule has 1 unspecified atom stereocenters. The highest BCUT2D eigenvalue weighted by Gasteiger charge is 2.17. The van der Waals surface area contributed by atoms with Crippen LogP contribution in [-0.4, -0.2) is 63.8 Å². The second-order valence-corrected chi connectivity index (χ2v) is 6.65. The van der Waals surface area contributed by atoms with E-state index in [1.165, 1.54) is 25.9 Å². The van der Waals surface area contributed by atoms with Crippen LogP contribution in [0.1, 0.15) is 40.0 Å². The molecule has 0 aliphatic carbocycles. The molecule has 5 heteroatoms. The van der Waals surface area contributed by atoms with Gasteiger partial charge in [0.25, 0.3) is 0 Å². The van der Waals surface area contributed by atoms with Crippen LogP contribution in [0.2, 0.25) is 0 Å². The van der Waals surface area contributed by atoms with E-state index in [-0.39, 0.29) is 0 Å². The second-order valence-electron chi connectivity index (χ2n) is 6.65. The molecule has 22 heavy (non-hydrogen) atoms. The molecule has 5 nitrogen and oxygen atoms in total. The summed E-state index contributed by atoms with van der Waals surface area (Å²) in [6.45, 7) is 11.6. The molecule has 0 bridgehead atoms. The fourth-order valence-electron chi connectivity index (χ4n) is 2.88. The SMILES string of the molecule is CCOC(CCNC(=NC)NCC1CCN(C)CC1)C(C)C. The van der Waals surface area contributed by atoms with Crippen LogP contribution in [0.25, 0.3) is 0 Å². The topological polar surface area (TPSA) is 48.9 Å². The van der Waals surface area contributed by atoms with Gasteiger partial charge < -0.3 is 20.3 Å². The Morgan fingerprint density at radius 1 is 1.27 bits per heavy atom. The number of guanidine groups is 1. The summed E-state index contributed by atoms with van der Waals surface area (Å²) >= 11 is 0. The Labute approximate surface area is 136 Å². The number of likely N-dealkylation sites (tertiary alicyclic amines) is 1. The Balaban J connectivity index is 2.22. The van der Waals surface area contributed by atoms with Gasteiger partial charge in [0, 0.05) is 26.7 Å². The van der Waals surface area contributed by atoms with Gasteiger partial charge in [-0.15, -0.1) is 0 Å². The fraction of sp³-hybridized carbons (Fsp3) is 0.941. The van der Waals surface area contributed by atoms with Crippen LogP contribution < -0.4 is 10.6 Å². The van der Waals surface area contributed by atoms with Crippen LogP contribution in [0.5, 0.6) is 0 Å². The predicted molar refractivity (Wildman–Crippen MR) is 94.5 cm³/mol. The zero-order valence-corrected chi connectivity index (χ0v) is 15.2. The largest absolute Gasteiger partial charge is 0.378 e. The minimum Gasteiger partial charge on any atom is -0.378 e. The summed E-state index contributed by atoms with van der Waals surface area (Å²) < 4.78 is 5.78. The molecule has 1 aliphatic heterocycles. The van der Waals surface area contributed by atoms with Crippen molar-refractivity contribution in [1.29, 1.82) is 0 Å². The first-order valence-electron chi connectivity index (χ1n) is 8.81. The lowest BCUT2D eigenvalue weighted by Crippen LogP contribution is -2.43. The van der Waals surface area contributed by atoms with Gasteiger partial charge in [0.05, 0.1) is 6.10 Å². The Hall–Kier alpha value is -0.810. The third-order valence-electron chi connectivity index (χ3n) is 4.47. The Bertz CT molecular complexity index is 312. The van der Waals surface area contributed by atoms with Crippen molar-refractivity contribution in [2.45, 2.75) is 46.1 Å². The van der Waals surface area contributed by atoms with Gasteiger partial charge in [0.2, 0.25) is 0 Å². The molecular weight excluding hydrogens is 276 g/mol. The van der Waals surface area contributed by atoms with E-state index >= 15 is 0 Å². The third kappa shape index (κ3) is 7.45. The van der Waals surface area contributed by atoms with Crippen LogP contribution in [0, 0.1) is 11.8 Å². The van der Waals surface area contributed by atoms with E-state index in [1.807, 2.05) is 7.05 Å². The van der Waals surface area contributed by atoms with Crippen LogP contribution >= 0.6 is 0 Å². The molecule has 1 fully saturated rings. The van der Waals surface area contributed by atoms with Crippen molar-refractivity contribution in [2.75, 3.05) is 46.9 Å². The van der Waals surface area contributed by atoms with Crippen molar-refractivity contribution in [1.82, 2.24) is 15.5 Å². The minimum atomic E-state index is 0.324. The average Bonchev–Trinajstić information content (AvgIpc) is 2.51. The Kier molecular flexibility index (Phi) is 9.48. The van der Waals surface area contributed by atoms with E-state index in [0.717, 1.165) is 38.0 Å². The molecular formula is C17H36N4O. The molecule has 1 heterocycles. The number of nitrogens with zero attached hydrogens (tertiary/aromatic N) is 2. The van der Waals surface area contributed by atoms with Gasteiger partial charge in [-0.25, -0.2) is 0 Å². The van der Waals surface area contributed by atoms with Gasteiger partial charge in [-0.1, -0.05) is 13.8 Å². The minimum absolute atomic E-state index is 0.324. The lowest BCUT2D eigenvalue weighted by Gasteiger charge is -2.29. The summed E-state index contributed by atoms with van der Waals surface area (Å²) in [5.41, 5.74) is 0. The highest BCUT2D eigenvalue weighted by molar-refractivity contribution is 5.79. The monoisotopic (exact) mass is 312 g/mol. The number of hydrogen-bond donors (Lipinski definition) is 2. The summed E-state index contributed by atoms with van der Waals surface area (Å²) in [7, 11) is 4.04. The van der Waals surface area contributed by atoms with Crippen molar-refractivity contribution in [2.24, 2.45) is 16.8 Å². The number of hydrogen-bond acceptors (Lipinski definition) is 3. The number of aliphatic imine (C=N–C) groups is 1. The molecule has 0 aromatic rings. The van der Waals surface area contributed by atoms with E-state index < -0.39 is 0 Å². The Morgan fingerprint density at radius 2 is 1.95 bits per heavy atom. The maximum absolute atomic E-state index is 5.78. The van der Waals surface area contributed by atoms with Gasteiger partial charge in [0.1, 0.15) is 0 Å². The van der Waals surface area contributed by atoms with E-state index in [9.17, 15) is 0 Å². The first kappa shape index (κ1) is 19.2. The predicted octanol–water partition coefficient (Wildman–Crippen LogP) is 1.94. The molecule has 0 radical (unpaired) electrons. The highest BCUT2D eigenvalue weighted by atomic mass is 16.5. The summed E-state index contributed by atoms with van der Waals surface area (Å²) in [5.74, 6) is 2.23. The first-order chi connectivity index (χ1) is 10.6. The van der Waals surface area contributed by atoms with Crippen molar-refractivity contribution >= 4 is 5.96 Å². The van der Waals surface area contributed by atoms with Crippen molar-refractivity contribution in [3.8, 4) is 0 Å². The van der Waals surface area contributed by atoms with Gasteiger partial charge in [-0.05, 0) is 58.2 Å². The summed E-state index contributed by atoms with van der Waals surface area (Å²) in [4.78, 5) is 6.72. The summed E-state index contributed by atoms with van der Waals surface area (Å²) in [5, 5.41) is 6.88. The van der Waals surface area contributed by atoms with Crippen LogP contribution in [0.15, 0.2) is 4.99 Å². The fourth-order valence-corrected chi connectivity index (χ4v) is 2.88. The van der Waals surface area contributed by atoms with Gasteiger partial charge >= 0.3 is 0 Å². The Morgan fingerprint density at radius 3 is 2.50 bits per heavy atom. The summed E-state index contributed by atoms with van der Waals surface area (Å²) in [6, 6.07) is 0. The normalized spacial score (nSPS) is 19.5. The highest BCUT2D eigenvalue weighted by Crippen LogP contribution is 2.14. The molecule has 0 aromatic heterocycles. The van der Waals surface area contributed by atoms with E-state index in [4.69, 9.17) is 4.74 Å². The third-order valence-corrected chi connectivity index (χ3v) is 4.47. The molecule has 0 spiro atoms. The van der Waals surface area contributed by atoms with E-state index in [2.05, 4.69) is 48.3 Å². The van der Waals surface area contributed by atoms with E-state index in [1.54, 1.807) is 0 Å². The number of ether oxygens (including phenoxy) is 1. The molecule has 1 saturated heterocycles. The molecule has 0 amide bonds. The molecule has 1 rings (SSSR count).